The summed E-state index contributed by atoms with van der Waals surface area (Å²) < 4.78 is 34.7. The zero-order valence-electron chi connectivity index (χ0n) is 14.7. The molecule has 25 heavy (non-hydrogen) atoms. The molecule has 0 radical (unpaired) electrons. The van der Waals surface area contributed by atoms with Gasteiger partial charge in [0.25, 0.3) is 5.91 Å². The van der Waals surface area contributed by atoms with Crippen molar-refractivity contribution in [1.82, 2.24) is 14.7 Å². The smallest absolute Gasteiger partial charge is 0.274 e. The molecule has 1 amide bonds. The molecule has 0 fully saturated rings. The highest BCUT2D eigenvalue weighted by Crippen LogP contribution is 2.32. The average molecular weight is 349 g/mol. The molecule has 0 aliphatic carbocycles. The van der Waals surface area contributed by atoms with Crippen molar-refractivity contribution in [3.63, 3.8) is 0 Å². The number of halogens is 2. The third-order valence-corrected chi connectivity index (χ3v) is 4.50. The molecule has 3 rings (SSSR count). The van der Waals surface area contributed by atoms with E-state index in [1.165, 1.54) is 17.0 Å². The summed E-state index contributed by atoms with van der Waals surface area (Å²) >= 11 is 0. The van der Waals surface area contributed by atoms with Crippen molar-refractivity contribution in [2.45, 2.75) is 39.0 Å². The van der Waals surface area contributed by atoms with Crippen LogP contribution in [0, 0.1) is 11.6 Å². The Morgan fingerprint density at radius 3 is 2.84 bits per heavy atom. The number of hydrogen-bond acceptors (Lipinski definition) is 3. The van der Waals surface area contributed by atoms with Gasteiger partial charge in [0.05, 0.1) is 17.9 Å². The number of aryl methyl sites for hydroxylation is 1. The topological polar surface area (TPSA) is 47.4 Å². The quantitative estimate of drug-likeness (QED) is 0.856. The second-order valence-corrected chi connectivity index (χ2v) is 6.50. The van der Waals surface area contributed by atoms with E-state index >= 15 is 0 Å². The number of aromatic nitrogens is 2. The summed E-state index contributed by atoms with van der Waals surface area (Å²) in [4.78, 5) is 14.2. The summed E-state index contributed by atoms with van der Waals surface area (Å²) in [6.45, 7) is 3.85. The number of carbonyl (C=O) groups excluding carboxylic acids is 1. The predicted molar refractivity (Wildman–Crippen MR) is 88.0 cm³/mol. The number of ether oxygens (including phenoxy) is 1. The van der Waals surface area contributed by atoms with Crippen molar-refractivity contribution < 1.29 is 18.3 Å². The van der Waals surface area contributed by atoms with Crippen LogP contribution >= 0.6 is 0 Å². The van der Waals surface area contributed by atoms with E-state index in [2.05, 4.69) is 5.10 Å². The molecule has 5 nitrogen and oxygen atoms in total. The van der Waals surface area contributed by atoms with Crippen LogP contribution in [0.15, 0.2) is 18.2 Å². The van der Waals surface area contributed by atoms with Crippen molar-refractivity contribution >= 4 is 5.91 Å². The fourth-order valence-corrected chi connectivity index (χ4v) is 3.39. The number of hydrogen-bond donors (Lipinski definition) is 0. The number of benzene rings is 1. The van der Waals surface area contributed by atoms with Gasteiger partial charge in [0.15, 0.2) is 17.3 Å². The molecule has 134 valence electrons. The van der Waals surface area contributed by atoms with Gasteiger partial charge in [0.1, 0.15) is 0 Å². The van der Waals surface area contributed by atoms with Crippen LogP contribution in [-0.2, 0) is 24.8 Å². The lowest BCUT2D eigenvalue weighted by Crippen LogP contribution is -2.29. The molecule has 1 aromatic heterocycles. The average Bonchev–Trinajstić information content (AvgIpc) is 2.87. The maximum absolute atomic E-state index is 13.9. The molecule has 0 bridgehead atoms. The molecule has 0 unspecified atom stereocenters. The van der Waals surface area contributed by atoms with Gasteiger partial charge in [-0.05, 0) is 19.9 Å². The maximum atomic E-state index is 13.9. The zero-order chi connectivity index (χ0) is 18.3. The molecule has 2 aromatic rings. The van der Waals surface area contributed by atoms with Crippen LogP contribution < -0.4 is 0 Å². The Balaban J connectivity index is 1.89. The van der Waals surface area contributed by atoms with Crippen LogP contribution in [0.1, 0.15) is 47.3 Å². The minimum Gasteiger partial charge on any atom is -0.369 e. The van der Waals surface area contributed by atoms with E-state index in [0.717, 1.165) is 17.3 Å². The standard InChI is InChI=1S/C18H21F2N3O2/c1-10-8-13-16(21-23(4)17(13)11(2)25-10)18(24)22(3)9-12-6-5-7-14(19)15(12)20/h5-7,10-11H,8-9H2,1-4H3/t10-,11+/m1/s1. The number of rotatable bonds is 3. The van der Waals surface area contributed by atoms with Gasteiger partial charge in [-0.25, -0.2) is 8.78 Å². The summed E-state index contributed by atoms with van der Waals surface area (Å²) in [6, 6.07) is 3.95. The van der Waals surface area contributed by atoms with Crippen LogP contribution in [0.2, 0.25) is 0 Å². The second-order valence-electron chi connectivity index (χ2n) is 6.50. The van der Waals surface area contributed by atoms with Gasteiger partial charge in [0, 0.05) is 38.2 Å². The number of nitrogens with zero attached hydrogens (tertiary/aromatic N) is 3. The largest absolute Gasteiger partial charge is 0.369 e. The first kappa shape index (κ1) is 17.5. The highest BCUT2D eigenvalue weighted by molar-refractivity contribution is 5.94. The molecule has 1 aromatic carbocycles. The first-order valence-corrected chi connectivity index (χ1v) is 8.19. The molecule has 1 aliphatic heterocycles. The van der Waals surface area contributed by atoms with Crippen LogP contribution in [0.5, 0.6) is 0 Å². The first-order chi connectivity index (χ1) is 11.8. The summed E-state index contributed by atoms with van der Waals surface area (Å²) in [5.41, 5.74) is 2.22. The van der Waals surface area contributed by atoms with Crippen LogP contribution in [-0.4, -0.2) is 33.7 Å². The molecular weight excluding hydrogens is 328 g/mol. The monoisotopic (exact) mass is 349 g/mol. The van der Waals surface area contributed by atoms with Gasteiger partial charge in [0.2, 0.25) is 0 Å². The third-order valence-electron chi connectivity index (χ3n) is 4.50. The van der Waals surface area contributed by atoms with E-state index in [1.54, 1.807) is 18.8 Å². The SMILES string of the molecule is C[C@@H]1Cc2c(C(=O)N(C)Cc3cccc(F)c3F)nn(C)c2[C@H](C)O1. The summed E-state index contributed by atoms with van der Waals surface area (Å²) in [7, 11) is 3.33. The van der Waals surface area contributed by atoms with Gasteiger partial charge in [-0.3, -0.25) is 9.48 Å². The number of carbonyl (C=O) groups is 1. The molecular formula is C18H21F2N3O2. The Hall–Kier alpha value is -2.28. The minimum absolute atomic E-state index is 0.00998. The Morgan fingerprint density at radius 2 is 2.12 bits per heavy atom. The zero-order valence-corrected chi connectivity index (χ0v) is 14.7. The highest BCUT2D eigenvalue weighted by atomic mass is 19.2. The second kappa shape index (κ2) is 6.55. The summed E-state index contributed by atoms with van der Waals surface area (Å²) in [6.07, 6.45) is 0.435. The molecule has 1 aliphatic rings. The Bertz CT molecular complexity index is 819. The van der Waals surface area contributed by atoms with Crippen molar-refractivity contribution in [2.75, 3.05) is 7.05 Å². The van der Waals surface area contributed by atoms with Gasteiger partial charge in [-0.2, -0.15) is 5.10 Å². The van der Waals surface area contributed by atoms with E-state index < -0.39 is 11.6 Å². The molecule has 7 heteroatoms. The van der Waals surface area contributed by atoms with E-state index in [-0.39, 0.29) is 30.2 Å². The normalized spacial score (nSPS) is 19.6. The van der Waals surface area contributed by atoms with Crippen LogP contribution in [0.3, 0.4) is 0 Å². The Labute approximate surface area is 145 Å². The lowest BCUT2D eigenvalue weighted by atomic mass is 9.99. The molecule has 2 heterocycles. The summed E-state index contributed by atoms with van der Waals surface area (Å²) in [5, 5.41) is 4.36. The maximum Gasteiger partial charge on any atom is 0.274 e. The van der Waals surface area contributed by atoms with Crippen molar-refractivity contribution in [1.29, 1.82) is 0 Å². The van der Waals surface area contributed by atoms with Gasteiger partial charge >= 0.3 is 0 Å². The number of amides is 1. The predicted octanol–water partition coefficient (Wildman–Crippen LogP) is 2.99. The minimum atomic E-state index is -0.930. The van der Waals surface area contributed by atoms with E-state index in [1.807, 2.05) is 13.8 Å². The van der Waals surface area contributed by atoms with Crippen molar-refractivity contribution in [3.05, 3.63) is 52.3 Å². The van der Waals surface area contributed by atoms with Crippen molar-refractivity contribution in [2.24, 2.45) is 7.05 Å². The van der Waals surface area contributed by atoms with Crippen molar-refractivity contribution in [3.8, 4) is 0 Å². The fourth-order valence-electron chi connectivity index (χ4n) is 3.39. The molecule has 0 N–H and O–H groups in total. The van der Waals surface area contributed by atoms with E-state index in [4.69, 9.17) is 4.74 Å². The molecule has 0 spiro atoms. The third kappa shape index (κ3) is 3.16. The van der Waals surface area contributed by atoms with E-state index in [9.17, 15) is 13.6 Å². The van der Waals surface area contributed by atoms with Gasteiger partial charge in [-0.15, -0.1) is 0 Å². The van der Waals surface area contributed by atoms with Crippen LogP contribution in [0.4, 0.5) is 8.78 Å². The lowest BCUT2D eigenvalue weighted by molar-refractivity contribution is -0.00906. The first-order valence-electron chi connectivity index (χ1n) is 8.19. The number of fused-ring (bicyclic) bond motifs is 1. The summed E-state index contributed by atoms with van der Waals surface area (Å²) in [5.74, 6) is -2.17. The molecule has 0 saturated carbocycles. The molecule has 0 saturated heterocycles. The van der Waals surface area contributed by atoms with Crippen LogP contribution in [0.25, 0.3) is 0 Å². The Morgan fingerprint density at radius 1 is 1.40 bits per heavy atom. The highest BCUT2D eigenvalue weighted by Gasteiger charge is 2.32. The van der Waals surface area contributed by atoms with Gasteiger partial charge < -0.3 is 9.64 Å². The lowest BCUT2D eigenvalue weighted by Gasteiger charge is -2.26. The fraction of sp³-hybridized carbons (Fsp3) is 0.444. The molecule has 2 atom stereocenters. The van der Waals surface area contributed by atoms with E-state index in [0.29, 0.717) is 12.1 Å². The van der Waals surface area contributed by atoms with Gasteiger partial charge in [-0.1, -0.05) is 12.1 Å². The Kier molecular flexibility index (Phi) is 4.60.